The molecule has 0 radical (unpaired) electrons. The molecule has 3 rings (SSSR count). The first-order valence-corrected chi connectivity index (χ1v) is 8.53. The molecule has 0 aliphatic rings. The molecule has 2 nitrogen and oxygen atoms in total. The molecule has 0 aliphatic heterocycles. The van der Waals surface area contributed by atoms with Crippen LogP contribution in [-0.4, -0.2) is 18.2 Å². The minimum Gasteiger partial charge on any atom is -0.387 e. The Kier molecular flexibility index (Phi) is 5.11. The highest BCUT2D eigenvalue weighted by Crippen LogP contribution is 2.25. The van der Waals surface area contributed by atoms with Crippen LogP contribution in [0.2, 0.25) is 5.02 Å². The lowest BCUT2D eigenvalue weighted by Crippen LogP contribution is -2.23. The van der Waals surface area contributed by atoms with Crippen LogP contribution in [0.4, 0.5) is 0 Å². The molecular formula is C18H18ClNOS. The molecule has 0 bridgehead atoms. The van der Waals surface area contributed by atoms with E-state index in [0.29, 0.717) is 11.6 Å². The smallest absolute Gasteiger partial charge is 0.0914 e. The molecule has 0 fully saturated rings. The molecule has 3 aromatic rings. The van der Waals surface area contributed by atoms with E-state index in [0.717, 1.165) is 18.5 Å². The van der Waals surface area contributed by atoms with Crippen molar-refractivity contribution in [2.24, 2.45) is 0 Å². The van der Waals surface area contributed by atoms with Crippen LogP contribution < -0.4 is 5.32 Å². The summed E-state index contributed by atoms with van der Waals surface area (Å²) in [4.78, 5) is 1.37. The SMILES string of the molecule is OC(CNCCc1cc2ccccc2s1)c1cccc(Cl)c1. The van der Waals surface area contributed by atoms with Crippen LogP contribution in [0.1, 0.15) is 16.5 Å². The van der Waals surface area contributed by atoms with Gasteiger partial charge in [-0.25, -0.2) is 0 Å². The molecule has 0 saturated heterocycles. The van der Waals surface area contributed by atoms with Crippen LogP contribution in [0, 0.1) is 0 Å². The zero-order chi connectivity index (χ0) is 15.4. The monoisotopic (exact) mass is 331 g/mol. The summed E-state index contributed by atoms with van der Waals surface area (Å²) in [7, 11) is 0. The van der Waals surface area contributed by atoms with Crippen molar-refractivity contribution in [3.63, 3.8) is 0 Å². The summed E-state index contributed by atoms with van der Waals surface area (Å²) in [5.41, 5.74) is 0.849. The minimum atomic E-state index is -0.527. The Bertz CT molecular complexity index is 722. The maximum absolute atomic E-state index is 10.1. The van der Waals surface area contributed by atoms with E-state index >= 15 is 0 Å². The predicted molar refractivity (Wildman–Crippen MR) is 94.8 cm³/mol. The van der Waals surface area contributed by atoms with E-state index in [1.54, 1.807) is 6.07 Å². The molecule has 2 N–H and O–H groups in total. The Morgan fingerprint density at radius 1 is 1.09 bits per heavy atom. The summed E-state index contributed by atoms with van der Waals surface area (Å²) in [6, 6.07) is 18.1. The second-order valence-electron chi connectivity index (χ2n) is 5.28. The van der Waals surface area contributed by atoms with Crippen LogP contribution in [-0.2, 0) is 6.42 Å². The Labute approximate surface area is 139 Å². The van der Waals surface area contributed by atoms with E-state index in [4.69, 9.17) is 11.6 Å². The number of benzene rings is 2. The van der Waals surface area contributed by atoms with Crippen LogP contribution in [0.15, 0.2) is 54.6 Å². The first-order chi connectivity index (χ1) is 10.7. The molecule has 0 aliphatic carbocycles. The third-order valence-electron chi connectivity index (χ3n) is 3.60. The van der Waals surface area contributed by atoms with Gasteiger partial charge in [-0.3, -0.25) is 0 Å². The van der Waals surface area contributed by atoms with Crippen LogP contribution in [0.5, 0.6) is 0 Å². The summed E-state index contributed by atoms with van der Waals surface area (Å²) in [6.07, 6.45) is 0.447. The number of fused-ring (bicyclic) bond motifs is 1. The largest absolute Gasteiger partial charge is 0.387 e. The van der Waals surface area contributed by atoms with Gasteiger partial charge in [0.2, 0.25) is 0 Å². The van der Waals surface area contributed by atoms with Gasteiger partial charge in [0.05, 0.1) is 6.10 Å². The highest BCUT2D eigenvalue weighted by Gasteiger charge is 2.07. The normalized spacial score (nSPS) is 12.6. The number of rotatable bonds is 6. The second-order valence-corrected chi connectivity index (χ2v) is 6.88. The Morgan fingerprint density at radius 2 is 1.95 bits per heavy atom. The van der Waals surface area contributed by atoms with Crippen molar-refractivity contribution >= 4 is 33.0 Å². The molecule has 1 heterocycles. The topological polar surface area (TPSA) is 32.3 Å². The number of aliphatic hydroxyl groups is 1. The van der Waals surface area contributed by atoms with Crippen molar-refractivity contribution in [2.45, 2.75) is 12.5 Å². The average Bonchev–Trinajstić information content (AvgIpc) is 2.94. The second kappa shape index (κ2) is 7.25. The Morgan fingerprint density at radius 3 is 2.77 bits per heavy atom. The highest BCUT2D eigenvalue weighted by atomic mass is 35.5. The summed E-state index contributed by atoms with van der Waals surface area (Å²) in [6.45, 7) is 1.38. The lowest BCUT2D eigenvalue weighted by Gasteiger charge is -2.12. The van der Waals surface area contributed by atoms with Crippen molar-refractivity contribution in [2.75, 3.05) is 13.1 Å². The number of aliphatic hydroxyl groups excluding tert-OH is 1. The molecule has 0 amide bonds. The average molecular weight is 332 g/mol. The number of hydrogen-bond acceptors (Lipinski definition) is 3. The van der Waals surface area contributed by atoms with Gasteiger partial charge in [-0.2, -0.15) is 0 Å². The molecule has 1 aromatic heterocycles. The number of nitrogens with one attached hydrogen (secondary N) is 1. The Balaban J connectivity index is 1.49. The van der Waals surface area contributed by atoms with Gasteiger partial charge in [0.25, 0.3) is 0 Å². The molecule has 22 heavy (non-hydrogen) atoms. The predicted octanol–water partition coefficient (Wildman–Crippen LogP) is 4.42. The standard InChI is InChI=1S/C18H18ClNOS/c19-15-6-3-5-13(10-15)17(21)12-20-9-8-16-11-14-4-1-2-7-18(14)22-16/h1-7,10-11,17,20-21H,8-9,12H2. The fourth-order valence-corrected chi connectivity index (χ4v) is 3.70. The van der Waals surface area contributed by atoms with Crippen LogP contribution in [0.3, 0.4) is 0 Å². The maximum atomic E-state index is 10.1. The molecule has 1 atom stereocenters. The lowest BCUT2D eigenvalue weighted by molar-refractivity contribution is 0.175. The minimum absolute atomic E-state index is 0.527. The third-order valence-corrected chi connectivity index (χ3v) is 5.01. The van der Waals surface area contributed by atoms with Gasteiger partial charge in [0, 0.05) is 27.7 Å². The highest BCUT2D eigenvalue weighted by molar-refractivity contribution is 7.19. The first kappa shape index (κ1) is 15.5. The van der Waals surface area contributed by atoms with Gasteiger partial charge in [-0.15, -0.1) is 11.3 Å². The Hall–Kier alpha value is -1.39. The van der Waals surface area contributed by atoms with Crippen molar-refractivity contribution in [1.82, 2.24) is 5.32 Å². The summed E-state index contributed by atoms with van der Waals surface area (Å²) in [5, 5.41) is 15.4. The van der Waals surface area contributed by atoms with Gasteiger partial charge in [-0.05, 0) is 41.6 Å². The van der Waals surface area contributed by atoms with Crippen molar-refractivity contribution in [3.8, 4) is 0 Å². The zero-order valence-electron chi connectivity index (χ0n) is 12.1. The molecule has 0 saturated carbocycles. The van der Waals surface area contributed by atoms with Gasteiger partial charge in [0.1, 0.15) is 0 Å². The molecule has 4 heteroatoms. The lowest BCUT2D eigenvalue weighted by atomic mass is 10.1. The summed E-state index contributed by atoms with van der Waals surface area (Å²) >= 11 is 7.77. The van der Waals surface area contributed by atoms with Crippen molar-refractivity contribution < 1.29 is 5.11 Å². The van der Waals surface area contributed by atoms with Crippen molar-refractivity contribution in [3.05, 3.63) is 70.1 Å². The molecule has 1 unspecified atom stereocenters. The van der Waals surface area contributed by atoms with Crippen LogP contribution in [0.25, 0.3) is 10.1 Å². The van der Waals surface area contributed by atoms with E-state index < -0.39 is 6.10 Å². The van der Waals surface area contributed by atoms with Crippen molar-refractivity contribution in [1.29, 1.82) is 0 Å². The number of hydrogen-bond donors (Lipinski definition) is 2. The molecule has 0 spiro atoms. The third kappa shape index (κ3) is 3.87. The first-order valence-electron chi connectivity index (χ1n) is 7.34. The van der Waals surface area contributed by atoms with Gasteiger partial charge >= 0.3 is 0 Å². The van der Waals surface area contributed by atoms with Gasteiger partial charge < -0.3 is 10.4 Å². The molecular weight excluding hydrogens is 314 g/mol. The molecule has 114 valence electrons. The molecule has 2 aromatic carbocycles. The summed E-state index contributed by atoms with van der Waals surface area (Å²) < 4.78 is 1.33. The van der Waals surface area contributed by atoms with E-state index in [1.807, 2.05) is 29.5 Å². The maximum Gasteiger partial charge on any atom is 0.0914 e. The fourth-order valence-electron chi connectivity index (χ4n) is 2.44. The quantitative estimate of drug-likeness (QED) is 0.655. The van der Waals surface area contributed by atoms with Crippen LogP contribution >= 0.6 is 22.9 Å². The fraction of sp³-hybridized carbons (Fsp3) is 0.222. The summed E-state index contributed by atoms with van der Waals surface area (Å²) in [5.74, 6) is 0. The number of thiophene rings is 1. The van der Waals surface area contributed by atoms with E-state index in [2.05, 4.69) is 35.6 Å². The van der Waals surface area contributed by atoms with E-state index in [9.17, 15) is 5.11 Å². The zero-order valence-corrected chi connectivity index (χ0v) is 13.7. The van der Waals surface area contributed by atoms with Gasteiger partial charge in [0.15, 0.2) is 0 Å². The van der Waals surface area contributed by atoms with E-state index in [1.165, 1.54) is 15.0 Å². The van der Waals surface area contributed by atoms with Gasteiger partial charge in [-0.1, -0.05) is 41.9 Å². The van der Waals surface area contributed by atoms with E-state index in [-0.39, 0.29) is 0 Å². The number of halogens is 1.